The van der Waals surface area contributed by atoms with Gasteiger partial charge in [-0.15, -0.1) is 0 Å². The Morgan fingerprint density at radius 1 is 1.35 bits per heavy atom. The number of aromatic nitrogens is 3. The average Bonchev–Trinajstić information content (AvgIpc) is 2.51. The number of pyridine rings is 1. The molecule has 0 atom stereocenters. The fourth-order valence-corrected chi connectivity index (χ4v) is 1.96. The molecular weight excluding hydrogens is 303 g/mol. The number of hydrogen-bond donors (Lipinski definition) is 2. The molecule has 0 spiro atoms. The van der Waals surface area contributed by atoms with Crippen LogP contribution in [0.5, 0.6) is 5.75 Å². The van der Waals surface area contributed by atoms with E-state index in [9.17, 15) is 14.0 Å². The second kappa shape index (κ2) is 5.84. The molecule has 1 amide bonds. The van der Waals surface area contributed by atoms with Gasteiger partial charge in [-0.3, -0.25) is 20.1 Å². The number of rotatable bonds is 2. The maximum absolute atomic E-state index is 13.1. The molecule has 0 aliphatic heterocycles. The van der Waals surface area contributed by atoms with Crippen molar-refractivity contribution in [1.29, 1.82) is 0 Å². The van der Waals surface area contributed by atoms with Crippen molar-refractivity contribution in [3.63, 3.8) is 0 Å². The topological polar surface area (TPSA) is 97.0 Å². The molecule has 0 saturated carbocycles. The summed E-state index contributed by atoms with van der Waals surface area (Å²) in [7, 11) is 0. The number of fused-ring (bicyclic) bond motifs is 1. The molecule has 0 unspecified atom stereocenters. The molecule has 2 N–H and O–H groups in total. The smallest absolute Gasteiger partial charge is 0.408 e. The Labute approximate surface area is 129 Å². The molecule has 0 aliphatic rings. The third kappa shape index (κ3) is 3.15. The monoisotopic (exact) mass is 314 g/mol. The number of ether oxygens (including phenoxy) is 1. The molecule has 0 saturated heterocycles. The molecule has 8 heteroatoms. The summed E-state index contributed by atoms with van der Waals surface area (Å²) in [4.78, 5) is 34.0. The number of aromatic amines is 1. The first-order chi connectivity index (χ1) is 11.0. The van der Waals surface area contributed by atoms with E-state index < -0.39 is 17.5 Å². The Morgan fingerprint density at radius 3 is 2.96 bits per heavy atom. The number of hydrogen-bond acceptors (Lipinski definition) is 5. The number of anilines is 1. The highest BCUT2D eigenvalue weighted by atomic mass is 19.1. The second-order valence-corrected chi connectivity index (χ2v) is 4.68. The van der Waals surface area contributed by atoms with Gasteiger partial charge in [0.05, 0.1) is 22.8 Å². The third-order valence-corrected chi connectivity index (χ3v) is 3.04. The molecule has 0 bridgehead atoms. The first-order valence-electron chi connectivity index (χ1n) is 6.63. The van der Waals surface area contributed by atoms with Gasteiger partial charge in [0.2, 0.25) is 5.95 Å². The lowest BCUT2D eigenvalue weighted by Gasteiger charge is -2.08. The molecular formula is C15H11FN4O3. The van der Waals surface area contributed by atoms with Crippen molar-refractivity contribution < 1.29 is 13.9 Å². The van der Waals surface area contributed by atoms with Gasteiger partial charge in [-0.05, 0) is 19.1 Å². The van der Waals surface area contributed by atoms with Crippen molar-refractivity contribution >= 4 is 22.9 Å². The summed E-state index contributed by atoms with van der Waals surface area (Å²) in [6.45, 7) is 1.57. The van der Waals surface area contributed by atoms with Gasteiger partial charge in [0, 0.05) is 6.07 Å². The molecule has 0 radical (unpaired) electrons. The fourth-order valence-electron chi connectivity index (χ4n) is 1.96. The number of carbonyl (C=O) groups is 1. The molecule has 3 aromatic rings. The number of nitrogens with zero attached hydrogens (tertiary/aromatic N) is 2. The highest BCUT2D eigenvalue weighted by Crippen LogP contribution is 2.17. The summed E-state index contributed by atoms with van der Waals surface area (Å²) in [5.74, 6) is -0.720. The normalized spacial score (nSPS) is 10.5. The van der Waals surface area contributed by atoms with Crippen LogP contribution in [-0.2, 0) is 0 Å². The highest BCUT2D eigenvalue weighted by Gasteiger charge is 2.11. The van der Waals surface area contributed by atoms with E-state index in [-0.39, 0.29) is 11.7 Å². The van der Waals surface area contributed by atoms with Crippen molar-refractivity contribution in [2.45, 2.75) is 6.92 Å². The number of halogens is 1. The molecule has 3 rings (SSSR count). The Morgan fingerprint density at radius 2 is 2.13 bits per heavy atom. The highest BCUT2D eigenvalue weighted by molar-refractivity contribution is 5.86. The SMILES string of the molecule is Cc1ncc(F)cc1OC(=O)Nc1nc2ccccc2c(=O)[nH]1. The number of benzene rings is 1. The van der Waals surface area contributed by atoms with Crippen LogP contribution >= 0.6 is 0 Å². The molecule has 1 aromatic carbocycles. The van der Waals surface area contributed by atoms with E-state index in [1.54, 1.807) is 31.2 Å². The molecule has 116 valence electrons. The quantitative estimate of drug-likeness (QED) is 0.757. The summed E-state index contributed by atoms with van der Waals surface area (Å²) < 4.78 is 18.1. The van der Waals surface area contributed by atoms with Crippen LogP contribution in [0, 0.1) is 12.7 Å². The van der Waals surface area contributed by atoms with Crippen LogP contribution in [0.2, 0.25) is 0 Å². The standard InChI is InChI=1S/C15H11FN4O3/c1-8-12(6-9(16)7-17-8)23-15(22)20-14-18-11-5-3-2-4-10(11)13(21)19-14/h2-7H,1H3,(H2,18,19,20,21,22). The first-order valence-corrected chi connectivity index (χ1v) is 6.63. The van der Waals surface area contributed by atoms with Gasteiger partial charge >= 0.3 is 6.09 Å². The lowest BCUT2D eigenvalue weighted by atomic mass is 10.2. The first kappa shape index (κ1) is 14.6. The van der Waals surface area contributed by atoms with E-state index in [1.165, 1.54) is 0 Å². The average molecular weight is 314 g/mol. The van der Waals surface area contributed by atoms with Gasteiger partial charge in [0.25, 0.3) is 5.56 Å². The van der Waals surface area contributed by atoms with E-state index in [0.717, 1.165) is 12.3 Å². The Balaban J connectivity index is 1.83. The molecule has 23 heavy (non-hydrogen) atoms. The summed E-state index contributed by atoms with van der Waals surface area (Å²) in [5.41, 5.74) is 0.381. The van der Waals surface area contributed by atoms with Crippen molar-refractivity contribution in [3.05, 3.63) is 58.4 Å². The zero-order valence-electron chi connectivity index (χ0n) is 12.0. The molecule has 0 fully saturated rings. The van der Waals surface area contributed by atoms with Crippen molar-refractivity contribution in [2.75, 3.05) is 5.32 Å². The number of para-hydroxylation sites is 1. The van der Waals surface area contributed by atoms with Crippen LogP contribution in [0.15, 0.2) is 41.3 Å². The number of nitrogens with one attached hydrogen (secondary N) is 2. The number of amides is 1. The lowest BCUT2D eigenvalue weighted by Crippen LogP contribution is -2.21. The van der Waals surface area contributed by atoms with Gasteiger partial charge < -0.3 is 4.74 Å². The minimum Gasteiger partial charge on any atom is -0.408 e. The lowest BCUT2D eigenvalue weighted by molar-refractivity contribution is 0.214. The van der Waals surface area contributed by atoms with Crippen LogP contribution in [0.1, 0.15) is 5.69 Å². The van der Waals surface area contributed by atoms with E-state index >= 15 is 0 Å². The van der Waals surface area contributed by atoms with Crippen LogP contribution in [-0.4, -0.2) is 21.0 Å². The number of carbonyl (C=O) groups excluding carboxylic acids is 1. The second-order valence-electron chi connectivity index (χ2n) is 4.68. The largest absolute Gasteiger partial charge is 0.419 e. The van der Waals surface area contributed by atoms with Crippen LogP contribution in [0.3, 0.4) is 0 Å². The summed E-state index contributed by atoms with van der Waals surface area (Å²) in [6, 6.07) is 7.73. The summed E-state index contributed by atoms with van der Waals surface area (Å²) in [6.07, 6.45) is 0.0987. The number of H-pyrrole nitrogens is 1. The van der Waals surface area contributed by atoms with Crippen molar-refractivity contribution in [1.82, 2.24) is 15.0 Å². The van der Waals surface area contributed by atoms with Crippen LogP contribution in [0.4, 0.5) is 15.1 Å². The summed E-state index contributed by atoms with van der Waals surface area (Å²) in [5, 5.41) is 2.69. The predicted octanol–water partition coefficient (Wildman–Crippen LogP) is 2.38. The summed E-state index contributed by atoms with van der Waals surface area (Å²) >= 11 is 0. The zero-order chi connectivity index (χ0) is 16.4. The van der Waals surface area contributed by atoms with Gasteiger partial charge in [0.15, 0.2) is 5.75 Å². The zero-order valence-corrected chi connectivity index (χ0v) is 12.0. The maximum atomic E-state index is 13.1. The maximum Gasteiger partial charge on any atom is 0.419 e. The molecule has 7 nitrogen and oxygen atoms in total. The van der Waals surface area contributed by atoms with E-state index in [2.05, 4.69) is 20.3 Å². The predicted molar refractivity (Wildman–Crippen MR) is 80.9 cm³/mol. The Hall–Kier alpha value is -3.29. The number of aryl methyl sites for hydroxylation is 1. The van der Waals surface area contributed by atoms with Gasteiger partial charge in [-0.25, -0.2) is 14.2 Å². The minimum absolute atomic E-state index is 0.0226. The van der Waals surface area contributed by atoms with Gasteiger partial charge in [0.1, 0.15) is 5.82 Å². The van der Waals surface area contributed by atoms with Gasteiger partial charge in [-0.1, -0.05) is 12.1 Å². The van der Waals surface area contributed by atoms with E-state index in [0.29, 0.717) is 16.6 Å². The van der Waals surface area contributed by atoms with Gasteiger partial charge in [-0.2, -0.15) is 0 Å². The van der Waals surface area contributed by atoms with E-state index in [4.69, 9.17) is 4.74 Å². The van der Waals surface area contributed by atoms with Crippen molar-refractivity contribution in [2.24, 2.45) is 0 Å². The van der Waals surface area contributed by atoms with E-state index in [1.807, 2.05) is 0 Å². The van der Waals surface area contributed by atoms with Crippen LogP contribution in [0.25, 0.3) is 10.9 Å². The minimum atomic E-state index is -0.918. The van der Waals surface area contributed by atoms with Crippen molar-refractivity contribution in [3.8, 4) is 5.75 Å². The molecule has 2 heterocycles. The Kier molecular flexibility index (Phi) is 3.71. The molecule has 0 aliphatic carbocycles. The van der Waals surface area contributed by atoms with Crippen LogP contribution < -0.4 is 15.6 Å². The molecule has 2 aromatic heterocycles. The third-order valence-electron chi connectivity index (χ3n) is 3.04. The fraction of sp³-hybridized carbons (Fsp3) is 0.0667. The Bertz CT molecular complexity index is 955.